The van der Waals surface area contributed by atoms with Crippen molar-refractivity contribution in [1.82, 2.24) is 9.80 Å². The minimum atomic E-state index is -0.357. The van der Waals surface area contributed by atoms with Gasteiger partial charge in [0.25, 0.3) is 0 Å². The molecule has 2 fully saturated rings. The second kappa shape index (κ2) is 8.34. The molecule has 3 rings (SSSR count). The van der Waals surface area contributed by atoms with Crippen LogP contribution in [0.2, 0.25) is 0 Å². The first-order valence-electron chi connectivity index (χ1n) is 9.22. The number of rotatable bonds is 4. The standard InChI is InChI=1S/C19H27N3O3/c1-2-25-16-10-6-12-21(14-16)18(23)17-11-7-13-22(17)19(24)20-15-8-4-3-5-9-15/h3-5,8-9,16-17H,2,6-7,10-14H2,1H3,(H,20,24)/t16-,17+/m1/s1. The zero-order chi connectivity index (χ0) is 17.6. The van der Waals surface area contributed by atoms with Gasteiger partial charge in [-0.3, -0.25) is 4.79 Å². The summed E-state index contributed by atoms with van der Waals surface area (Å²) in [7, 11) is 0. The highest BCUT2D eigenvalue weighted by molar-refractivity contribution is 5.94. The Kier molecular flexibility index (Phi) is 5.91. The number of benzene rings is 1. The Morgan fingerprint density at radius 1 is 1.16 bits per heavy atom. The van der Waals surface area contributed by atoms with Crippen molar-refractivity contribution in [3.63, 3.8) is 0 Å². The molecule has 2 aliphatic heterocycles. The minimum absolute atomic E-state index is 0.0603. The molecule has 0 saturated carbocycles. The molecule has 0 spiro atoms. The van der Waals surface area contributed by atoms with E-state index in [1.54, 1.807) is 4.90 Å². The molecule has 2 aliphatic rings. The molecule has 0 radical (unpaired) electrons. The molecule has 2 atom stereocenters. The molecule has 25 heavy (non-hydrogen) atoms. The van der Waals surface area contributed by atoms with Crippen LogP contribution in [0.5, 0.6) is 0 Å². The van der Waals surface area contributed by atoms with E-state index in [1.165, 1.54) is 0 Å². The van der Waals surface area contributed by atoms with Crippen LogP contribution in [0.4, 0.5) is 10.5 Å². The number of hydrogen-bond donors (Lipinski definition) is 1. The van der Waals surface area contributed by atoms with E-state index < -0.39 is 0 Å². The van der Waals surface area contributed by atoms with Gasteiger partial charge in [-0.15, -0.1) is 0 Å². The third kappa shape index (κ3) is 4.31. The summed E-state index contributed by atoms with van der Waals surface area (Å²) in [5, 5.41) is 2.89. The molecule has 1 N–H and O–H groups in total. The first kappa shape index (κ1) is 17.7. The summed E-state index contributed by atoms with van der Waals surface area (Å²) in [4.78, 5) is 29.1. The van der Waals surface area contributed by atoms with Crippen LogP contribution in [-0.2, 0) is 9.53 Å². The maximum absolute atomic E-state index is 13.0. The number of urea groups is 1. The molecule has 0 bridgehead atoms. The fourth-order valence-corrected chi connectivity index (χ4v) is 3.70. The molecular formula is C19H27N3O3. The van der Waals surface area contributed by atoms with Crippen molar-refractivity contribution in [2.75, 3.05) is 31.6 Å². The van der Waals surface area contributed by atoms with E-state index in [1.807, 2.05) is 42.2 Å². The molecule has 2 heterocycles. The molecule has 1 aromatic carbocycles. The van der Waals surface area contributed by atoms with Crippen molar-refractivity contribution < 1.29 is 14.3 Å². The summed E-state index contributed by atoms with van der Waals surface area (Å²) < 4.78 is 5.69. The fourth-order valence-electron chi connectivity index (χ4n) is 3.70. The summed E-state index contributed by atoms with van der Waals surface area (Å²) in [6.07, 6.45) is 3.67. The lowest BCUT2D eigenvalue weighted by Gasteiger charge is -2.36. The van der Waals surface area contributed by atoms with E-state index in [-0.39, 0.29) is 24.1 Å². The lowest BCUT2D eigenvalue weighted by molar-refractivity contribution is -0.139. The molecule has 136 valence electrons. The number of nitrogens with one attached hydrogen (secondary N) is 1. The molecular weight excluding hydrogens is 318 g/mol. The molecule has 0 unspecified atom stereocenters. The zero-order valence-corrected chi connectivity index (χ0v) is 14.8. The van der Waals surface area contributed by atoms with Gasteiger partial charge in [0.1, 0.15) is 6.04 Å². The van der Waals surface area contributed by atoms with Crippen LogP contribution >= 0.6 is 0 Å². The predicted molar refractivity (Wildman–Crippen MR) is 96.4 cm³/mol. The largest absolute Gasteiger partial charge is 0.377 e. The predicted octanol–water partition coefficient (Wildman–Crippen LogP) is 2.71. The molecule has 0 aromatic heterocycles. The highest BCUT2D eigenvalue weighted by Crippen LogP contribution is 2.23. The smallest absolute Gasteiger partial charge is 0.322 e. The molecule has 6 nitrogen and oxygen atoms in total. The summed E-state index contributed by atoms with van der Waals surface area (Å²) in [5.41, 5.74) is 0.750. The lowest BCUT2D eigenvalue weighted by atomic mass is 10.1. The van der Waals surface area contributed by atoms with Gasteiger partial charge in [0, 0.05) is 31.9 Å². The van der Waals surface area contributed by atoms with Crippen LogP contribution in [0.1, 0.15) is 32.6 Å². The maximum atomic E-state index is 13.0. The van der Waals surface area contributed by atoms with Crippen LogP contribution < -0.4 is 5.32 Å². The second-order valence-electron chi connectivity index (χ2n) is 6.65. The number of carbonyl (C=O) groups is 2. The summed E-state index contributed by atoms with van der Waals surface area (Å²) in [6, 6.07) is 8.81. The van der Waals surface area contributed by atoms with Gasteiger partial charge in [-0.25, -0.2) is 4.79 Å². The number of piperidine rings is 1. The van der Waals surface area contributed by atoms with Crippen LogP contribution in [0.3, 0.4) is 0 Å². The monoisotopic (exact) mass is 345 g/mol. The summed E-state index contributed by atoms with van der Waals surface area (Å²) >= 11 is 0. The van der Waals surface area contributed by atoms with E-state index in [0.29, 0.717) is 19.7 Å². The SMILES string of the molecule is CCO[C@@H]1CCCN(C(=O)[C@@H]2CCCN2C(=O)Nc2ccccc2)C1. The van der Waals surface area contributed by atoms with Crippen molar-refractivity contribution in [2.24, 2.45) is 0 Å². The van der Waals surface area contributed by atoms with Crippen molar-refractivity contribution in [2.45, 2.75) is 44.8 Å². The Balaban J connectivity index is 1.62. The van der Waals surface area contributed by atoms with E-state index in [0.717, 1.165) is 37.9 Å². The van der Waals surface area contributed by atoms with Crippen molar-refractivity contribution >= 4 is 17.6 Å². The van der Waals surface area contributed by atoms with Gasteiger partial charge < -0.3 is 19.9 Å². The van der Waals surface area contributed by atoms with E-state index in [2.05, 4.69) is 5.32 Å². The normalized spacial score (nSPS) is 23.6. The number of nitrogens with zero attached hydrogens (tertiary/aromatic N) is 2. The second-order valence-corrected chi connectivity index (χ2v) is 6.65. The highest BCUT2D eigenvalue weighted by atomic mass is 16.5. The Bertz CT molecular complexity index is 591. The van der Waals surface area contributed by atoms with E-state index in [4.69, 9.17) is 4.74 Å². The van der Waals surface area contributed by atoms with Gasteiger partial charge in [0.05, 0.1) is 6.10 Å². The Morgan fingerprint density at radius 2 is 1.92 bits per heavy atom. The van der Waals surface area contributed by atoms with Gasteiger partial charge in [-0.2, -0.15) is 0 Å². The maximum Gasteiger partial charge on any atom is 0.322 e. The van der Waals surface area contributed by atoms with Crippen LogP contribution in [-0.4, -0.2) is 60.1 Å². The van der Waals surface area contributed by atoms with E-state index in [9.17, 15) is 9.59 Å². The molecule has 0 aliphatic carbocycles. The number of anilines is 1. The summed E-state index contributed by atoms with van der Waals surface area (Å²) in [6.45, 7) is 4.66. The van der Waals surface area contributed by atoms with Gasteiger partial charge in [-0.1, -0.05) is 18.2 Å². The molecule has 3 amide bonds. The quantitative estimate of drug-likeness (QED) is 0.913. The van der Waals surface area contributed by atoms with Crippen molar-refractivity contribution in [1.29, 1.82) is 0 Å². The topological polar surface area (TPSA) is 61.9 Å². The number of para-hydroxylation sites is 1. The Labute approximate surface area is 149 Å². The third-order valence-electron chi connectivity index (χ3n) is 4.92. The van der Waals surface area contributed by atoms with Gasteiger partial charge in [-0.05, 0) is 44.7 Å². The van der Waals surface area contributed by atoms with Gasteiger partial charge in [0.2, 0.25) is 5.91 Å². The Morgan fingerprint density at radius 3 is 2.68 bits per heavy atom. The van der Waals surface area contributed by atoms with Crippen molar-refractivity contribution in [3.05, 3.63) is 30.3 Å². The molecule has 6 heteroatoms. The lowest BCUT2D eigenvalue weighted by Crippen LogP contribution is -2.52. The number of carbonyl (C=O) groups excluding carboxylic acids is 2. The molecule has 1 aromatic rings. The first-order chi connectivity index (χ1) is 12.2. The number of likely N-dealkylation sites (tertiary alicyclic amines) is 2. The van der Waals surface area contributed by atoms with Crippen LogP contribution in [0, 0.1) is 0 Å². The zero-order valence-electron chi connectivity index (χ0n) is 14.8. The average Bonchev–Trinajstić information content (AvgIpc) is 3.12. The Hall–Kier alpha value is -2.08. The van der Waals surface area contributed by atoms with Crippen LogP contribution in [0.25, 0.3) is 0 Å². The number of hydrogen-bond acceptors (Lipinski definition) is 3. The average molecular weight is 345 g/mol. The minimum Gasteiger partial charge on any atom is -0.377 e. The van der Waals surface area contributed by atoms with Crippen molar-refractivity contribution in [3.8, 4) is 0 Å². The van der Waals surface area contributed by atoms with Crippen LogP contribution in [0.15, 0.2) is 30.3 Å². The number of amides is 3. The fraction of sp³-hybridized carbons (Fsp3) is 0.579. The van der Waals surface area contributed by atoms with Gasteiger partial charge >= 0.3 is 6.03 Å². The highest BCUT2D eigenvalue weighted by Gasteiger charge is 2.38. The van der Waals surface area contributed by atoms with E-state index >= 15 is 0 Å². The van der Waals surface area contributed by atoms with Gasteiger partial charge in [0.15, 0.2) is 0 Å². The number of ether oxygens (including phenoxy) is 1. The third-order valence-corrected chi connectivity index (χ3v) is 4.92. The summed E-state index contributed by atoms with van der Waals surface area (Å²) in [5.74, 6) is 0.0603. The first-order valence-corrected chi connectivity index (χ1v) is 9.22. The molecule has 2 saturated heterocycles.